The van der Waals surface area contributed by atoms with Crippen molar-refractivity contribution in [3.05, 3.63) is 59.8 Å². The zero-order chi connectivity index (χ0) is 20.4. The van der Waals surface area contributed by atoms with Crippen LogP contribution in [0.2, 0.25) is 5.02 Å². The van der Waals surface area contributed by atoms with Gasteiger partial charge in [0.2, 0.25) is 10.0 Å². The summed E-state index contributed by atoms with van der Waals surface area (Å²) in [6, 6.07) is 13.1. The molecule has 29 heavy (non-hydrogen) atoms. The Morgan fingerprint density at radius 3 is 2.59 bits per heavy atom. The lowest BCUT2D eigenvalue weighted by Crippen LogP contribution is -2.35. The maximum atomic E-state index is 13.0. The molecule has 0 aliphatic carbocycles. The van der Waals surface area contributed by atoms with E-state index in [2.05, 4.69) is 9.97 Å². The minimum Gasteiger partial charge on any atom is -0.507 e. The van der Waals surface area contributed by atoms with E-state index in [0.29, 0.717) is 40.8 Å². The van der Waals surface area contributed by atoms with Crippen LogP contribution in [0.15, 0.2) is 59.6 Å². The molecular weight excluding hydrogens is 410 g/mol. The Hall–Kier alpha value is -2.48. The minimum absolute atomic E-state index is 0.0213. The molecule has 0 unspecified atom stereocenters. The summed E-state index contributed by atoms with van der Waals surface area (Å²) in [6.07, 6.45) is 4.41. The summed E-state index contributed by atoms with van der Waals surface area (Å²) < 4.78 is 27.5. The van der Waals surface area contributed by atoms with Crippen molar-refractivity contribution < 1.29 is 13.5 Å². The summed E-state index contributed by atoms with van der Waals surface area (Å²) in [7, 11) is -3.53. The Bertz CT molecular complexity index is 1150. The third-order valence-electron chi connectivity index (χ3n) is 4.94. The molecule has 0 radical (unpaired) electrons. The van der Waals surface area contributed by atoms with Crippen LogP contribution in [0.4, 0.5) is 0 Å². The first-order valence-electron chi connectivity index (χ1n) is 9.38. The van der Waals surface area contributed by atoms with Crippen molar-refractivity contribution in [2.24, 2.45) is 0 Å². The third-order valence-corrected chi connectivity index (χ3v) is 7.07. The van der Waals surface area contributed by atoms with E-state index >= 15 is 0 Å². The molecule has 150 valence electrons. The number of phenols is 1. The van der Waals surface area contributed by atoms with Crippen LogP contribution >= 0.6 is 11.6 Å². The van der Waals surface area contributed by atoms with Crippen LogP contribution in [0.25, 0.3) is 22.6 Å². The fourth-order valence-electron chi connectivity index (χ4n) is 3.41. The number of hydrogen-bond donors (Lipinski definition) is 1. The van der Waals surface area contributed by atoms with Crippen molar-refractivity contribution in [2.45, 2.75) is 24.2 Å². The molecule has 0 atom stereocenters. The van der Waals surface area contributed by atoms with E-state index in [1.54, 1.807) is 53.0 Å². The normalized spacial score (nSPS) is 15.3. The van der Waals surface area contributed by atoms with E-state index in [9.17, 15) is 13.5 Å². The summed E-state index contributed by atoms with van der Waals surface area (Å²) in [5.74, 6) is 0.333. The molecule has 0 bridgehead atoms. The van der Waals surface area contributed by atoms with Gasteiger partial charge < -0.3 is 5.11 Å². The first-order chi connectivity index (χ1) is 13.9. The van der Waals surface area contributed by atoms with Crippen LogP contribution in [0.3, 0.4) is 0 Å². The predicted octanol–water partition coefficient (Wildman–Crippen LogP) is 4.34. The van der Waals surface area contributed by atoms with Gasteiger partial charge in [-0.1, -0.05) is 30.2 Å². The molecule has 0 amide bonds. The van der Waals surface area contributed by atoms with E-state index in [-0.39, 0.29) is 10.6 Å². The number of sulfonamides is 1. The first-order valence-corrected chi connectivity index (χ1v) is 11.2. The second-order valence-electron chi connectivity index (χ2n) is 6.92. The highest BCUT2D eigenvalue weighted by Gasteiger charge is 2.26. The van der Waals surface area contributed by atoms with Gasteiger partial charge in [-0.2, -0.15) is 4.31 Å². The van der Waals surface area contributed by atoms with Crippen LogP contribution in [0, 0.1) is 0 Å². The molecule has 6 nitrogen and oxygen atoms in total. The summed E-state index contributed by atoms with van der Waals surface area (Å²) in [4.78, 5) is 8.99. The van der Waals surface area contributed by atoms with E-state index in [1.165, 1.54) is 6.07 Å². The summed E-state index contributed by atoms with van der Waals surface area (Å²) in [6.45, 7) is 1.11. The number of hydrogen-bond acceptors (Lipinski definition) is 5. The van der Waals surface area contributed by atoms with E-state index in [4.69, 9.17) is 11.6 Å². The zero-order valence-electron chi connectivity index (χ0n) is 15.6. The van der Waals surface area contributed by atoms with Gasteiger partial charge in [0, 0.05) is 29.9 Å². The molecule has 1 saturated heterocycles. The number of benzene rings is 2. The van der Waals surface area contributed by atoms with Crippen molar-refractivity contribution >= 4 is 21.6 Å². The molecule has 0 saturated carbocycles. The number of nitrogens with zero attached hydrogens (tertiary/aromatic N) is 3. The highest BCUT2D eigenvalue weighted by atomic mass is 35.5. The van der Waals surface area contributed by atoms with Gasteiger partial charge in [-0.15, -0.1) is 0 Å². The average molecular weight is 430 g/mol. The van der Waals surface area contributed by atoms with Gasteiger partial charge in [0.05, 0.1) is 16.2 Å². The van der Waals surface area contributed by atoms with Crippen molar-refractivity contribution in [3.63, 3.8) is 0 Å². The van der Waals surface area contributed by atoms with Crippen molar-refractivity contribution in [1.82, 2.24) is 14.3 Å². The van der Waals surface area contributed by atoms with Gasteiger partial charge in [0.1, 0.15) is 5.75 Å². The van der Waals surface area contributed by atoms with Crippen LogP contribution in [0.5, 0.6) is 5.75 Å². The molecule has 0 spiro atoms. The van der Waals surface area contributed by atoms with Gasteiger partial charge in [0.25, 0.3) is 0 Å². The molecule has 4 rings (SSSR count). The Morgan fingerprint density at radius 2 is 1.79 bits per heavy atom. The molecule has 1 aliphatic heterocycles. The molecular formula is C21H20ClN3O3S. The second kappa shape index (κ2) is 8.10. The lowest BCUT2D eigenvalue weighted by molar-refractivity contribution is 0.346. The van der Waals surface area contributed by atoms with Crippen molar-refractivity contribution in [3.8, 4) is 28.4 Å². The monoisotopic (exact) mass is 429 g/mol. The zero-order valence-corrected chi connectivity index (χ0v) is 17.2. The molecule has 1 aromatic heterocycles. The first kappa shape index (κ1) is 19.8. The van der Waals surface area contributed by atoms with Gasteiger partial charge in [-0.25, -0.2) is 18.4 Å². The highest BCUT2D eigenvalue weighted by molar-refractivity contribution is 7.89. The summed E-state index contributed by atoms with van der Waals surface area (Å²) in [5.41, 5.74) is 1.63. The largest absolute Gasteiger partial charge is 0.507 e. The average Bonchev–Trinajstić information content (AvgIpc) is 2.76. The van der Waals surface area contributed by atoms with E-state index < -0.39 is 10.0 Å². The Kier molecular flexibility index (Phi) is 5.54. The number of phenolic OH excluding ortho intramolecular Hbond substituents is 1. The quantitative estimate of drug-likeness (QED) is 0.666. The predicted molar refractivity (Wildman–Crippen MR) is 112 cm³/mol. The molecule has 1 N–H and O–H groups in total. The maximum absolute atomic E-state index is 13.0. The molecule has 1 aliphatic rings. The smallest absolute Gasteiger partial charge is 0.243 e. The van der Waals surface area contributed by atoms with Crippen LogP contribution in [0.1, 0.15) is 19.3 Å². The highest BCUT2D eigenvalue weighted by Crippen LogP contribution is 2.31. The SMILES string of the molecule is O=S(=O)(c1cccc(-c2ccnc(-c3cc(Cl)ccc3O)n2)c1)N1CCCCC1. The van der Waals surface area contributed by atoms with Crippen molar-refractivity contribution in [1.29, 1.82) is 0 Å². The van der Waals surface area contributed by atoms with Crippen LogP contribution in [-0.4, -0.2) is 40.9 Å². The minimum atomic E-state index is -3.53. The number of piperidine rings is 1. The van der Waals surface area contributed by atoms with Crippen LogP contribution in [-0.2, 0) is 10.0 Å². The molecule has 8 heteroatoms. The number of aromatic nitrogens is 2. The standard InChI is InChI=1S/C21H20ClN3O3S/c22-16-7-8-20(26)18(14-16)21-23-10-9-19(24-21)15-5-4-6-17(13-15)29(27,28)25-11-2-1-3-12-25/h4-10,13-14,26H,1-3,11-12H2. The molecule has 2 heterocycles. The number of aromatic hydroxyl groups is 1. The number of rotatable bonds is 4. The van der Waals surface area contributed by atoms with Gasteiger partial charge in [0.15, 0.2) is 5.82 Å². The fraction of sp³-hybridized carbons (Fsp3) is 0.238. The lowest BCUT2D eigenvalue weighted by atomic mass is 10.1. The Morgan fingerprint density at radius 1 is 1.00 bits per heavy atom. The van der Waals surface area contributed by atoms with Gasteiger partial charge in [-0.3, -0.25) is 0 Å². The molecule has 2 aromatic carbocycles. The Labute approximate surface area is 174 Å². The van der Waals surface area contributed by atoms with Gasteiger partial charge in [-0.05, 0) is 49.2 Å². The summed E-state index contributed by atoms with van der Waals surface area (Å²) >= 11 is 6.03. The van der Waals surface area contributed by atoms with E-state index in [0.717, 1.165) is 19.3 Å². The number of halogens is 1. The maximum Gasteiger partial charge on any atom is 0.243 e. The van der Waals surface area contributed by atoms with Gasteiger partial charge >= 0.3 is 0 Å². The van der Waals surface area contributed by atoms with Crippen molar-refractivity contribution in [2.75, 3.05) is 13.1 Å². The Balaban J connectivity index is 1.71. The lowest BCUT2D eigenvalue weighted by Gasteiger charge is -2.26. The van der Waals surface area contributed by atoms with Crippen LogP contribution < -0.4 is 0 Å². The topological polar surface area (TPSA) is 83.4 Å². The van der Waals surface area contributed by atoms with E-state index in [1.807, 2.05) is 0 Å². The third kappa shape index (κ3) is 4.12. The molecule has 3 aromatic rings. The summed E-state index contributed by atoms with van der Waals surface area (Å²) in [5, 5.41) is 10.6. The fourth-order valence-corrected chi connectivity index (χ4v) is 5.14. The second-order valence-corrected chi connectivity index (χ2v) is 9.29. The molecule has 1 fully saturated rings.